The second-order valence-corrected chi connectivity index (χ2v) is 6.73. The number of aldehydes is 3. The summed E-state index contributed by atoms with van der Waals surface area (Å²) >= 11 is 0. The predicted octanol–water partition coefficient (Wildman–Crippen LogP) is 3.87. The maximum Gasteiger partial charge on any atom is 0.168 e. The van der Waals surface area contributed by atoms with Crippen LogP contribution in [0.5, 0.6) is 28.7 Å². The Morgan fingerprint density at radius 2 is 1.26 bits per heavy atom. The minimum Gasteiger partial charge on any atom is -0.508 e. The minimum absolute atomic E-state index is 0.0279. The van der Waals surface area contributed by atoms with Crippen LogP contribution in [-0.2, 0) is 0 Å². The summed E-state index contributed by atoms with van der Waals surface area (Å²) in [6.45, 7) is 5.87. The van der Waals surface area contributed by atoms with E-state index in [4.69, 9.17) is 20.4 Å². The molecule has 0 atom stereocenters. The summed E-state index contributed by atoms with van der Waals surface area (Å²) in [5.74, 6) is -0.737. The molecule has 0 aromatic heterocycles. The van der Waals surface area contributed by atoms with E-state index in [1.807, 2.05) is 19.9 Å². The van der Waals surface area contributed by atoms with Gasteiger partial charge in [0.2, 0.25) is 0 Å². The largest absolute Gasteiger partial charge is 0.508 e. The zero-order valence-corrected chi connectivity index (χ0v) is 18.8. The van der Waals surface area contributed by atoms with Crippen LogP contribution in [0.4, 0.5) is 5.69 Å². The first kappa shape index (κ1) is 27.5. The first-order valence-electron chi connectivity index (χ1n) is 10.2. The van der Waals surface area contributed by atoms with Gasteiger partial charge in [0.1, 0.15) is 17.2 Å². The van der Waals surface area contributed by atoms with Crippen LogP contribution >= 0.6 is 0 Å². The van der Waals surface area contributed by atoms with E-state index in [2.05, 4.69) is 4.90 Å². The molecule has 3 rings (SSSR count). The molecule has 0 bridgehead atoms. The predicted molar refractivity (Wildman–Crippen MR) is 127 cm³/mol. The summed E-state index contributed by atoms with van der Waals surface area (Å²) in [7, 11) is 0. The molecule has 9 heteroatoms. The first-order valence-corrected chi connectivity index (χ1v) is 10.2. The summed E-state index contributed by atoms with van der Waals surface area (Å²) in [5, 5.41) is 44.9. The van der Waals surface area contributed by atoms with Crippen molar-refractivity contribution < 1.29 is 39.9 Å². The Labute approximate surface area is 196 Å². The number of benzene rings is 3. The molecular weight excluding hydrogens is 442 g/mol. The smallest absolute Gasteiger partial charge is 0.168 e. The van der Waals surface area contributed by atoms with Crippen molar-refractivity contribution in [2.45, 2.75) is 13.8 Å². The van der Waals surface area contributed by atoms with Crippen molar-refractivity contribution in [2.24, 2.45) is 0 Å². The number of phenols is 5. The Kier molecular flexibility index (Phi) is 11.2. The molecule has 0 spiro atoms. The highest BCUT2D eigenvalue weighted by Crippen LogP contribution is 2.26. The highest BCUT2D eigenvalue weighted by atomic mass is 16.3. The monoisotopic (exact) mass is 469 g/mol. The maximum absolute atomic E-state index is 10.5. The van der Waals surface area contributed by atoms with E-state index in [1.54, 1.807) is 12.1 Å². The number of hydrogen-bond donors (Lipinski definition) is 5. The molecule has 0 radical (unpaired) electrons. The maximum atomic E-state index is 10.5. The Balaban J connectivity index is 0.000000261. The fraction of sp³-hybridized carbons (Fsp3) is 0.160. The van der Waals surface area contributed by atoms with Gasteiger partial charge in [-0.25, -0.2) is 0 Å². The fourth-order valence-electron chi connectivity index (χ4n) is 2.70. The van der Waals surface area contributed by atoms with E-state index in [-0.39, 0.29) is 39.9 Å². The van der Waals surface area contributed by atoms with E-state index in [9.17, 15) is 19.5 Å². The average Bonchev–Trinajstić information content (AvgIpc) is 2.84. The molecule has 0 fully saturated rings. The zero-order valence-electron chi connectivity index (χ0n) is 18.8. The summed E-state index contributed by atoms with van der Waals surface area (Å²) in [4.78, 5) is 32.8. The Bertz CT molecular complexity index is 1100. The van der Waals surface area contributed by atoms with Gasteiger partial charge in [-0.15, -0.1) is 0 Å². The summed E-state index contributed by atoms with van der Waals surface area (Å²) < 4.78 is 0. The highest BCUT2D eigenvalue weighted by Gasteiger charge is 2.05. The van der Waals surface area contributed by atoms with E-state index in [0.717, 1.165) is 18.8 Å². The van der Waals surface area contributed by atoms with Gasteiger partial charge in [-0.05, 0) is 56.3 Å². The molecule has 0 unspecified atom stereocenters. The lowest BCUT2D eigenvalue weighted by Crippen LogP contribution is -2.21. The molecule has 9 nitrogen and oxygen atoms in total. The van der Waals surface area contributed by atoms with Gasteiger partial charge >= 0.3 is 0 Å². The zero-order chi connectivity index (χ0) is 25.7. The van der Waals surface area contributed by atoms with Gasteiger partial charge in [0.15, 0.2) is 30.4 Å². The van der Waals surface area contributed by atoms with Gasteiger partial charge in [-0.3, -0.25) is 14.4 Å². The van der Waals surface area contributed by atoms with Crippen molar-refractivity contribution in [2.75, 3.05) is 18.0 Å². The molecule has 0 aliphatic rings. The number of nitrogens with zero attached hydrogens (tertiary/aromatic N) is 1. The topological polar surface area (TPSA) is 156 Å². The van der Waals surface area contributed by atoms with Crippen LogP contribution in [0.2, 0.25) is 0 Å². The summed E-state index contributed by atoms with van der Waals surface area (Å²) in [5.41, 5.74) is 1.47. The van der Waals surface area contributed by atoms with E-state index in [0.29, 0.717) is 24.4 Å². The first-order chi connectivity index (χ1) is 16.2. The van der Waals surface area contributed by atoms with E-state index < -0.39 is 0 Å². The van der Waals surface area contributed by atoms with E-state index >= 15 is 0 Å². The average molecular weight is 469 g/mol. The lowest BCUT2D eigenvalue weighted by Gasteiger charge is -2.21. The number of para-hydroxylation sites is 1. The molecule has 0 aliphatic heterocycles. The molecule has 3 aromatic rings. The molecule has 34 heavy (non-hydrogen) atoms. The molecule has 180 valence electrons. The third-order valence-electron chi connectivity index (χ3n) is 4.58. The lowest BCUT2D eigenvalue weighted by molar-refractivity contribution is 0.111. The van der Waals surface area contributed by atoms with Gasteiger partial charge in [-0.1, -0.05) is 6.07 Å². The quantitative estimate of drug-likeness (QED) is 0.205. The fourth-order valence-corrected chi connectivity index (χ4v) is 2.70. The highest BCUT2D eigenvalue weighted by molar-refractivity contribution is 5.81. The second-order valence-electron chi connectivity index (χ2n) is 6.73. The number of carbonyl (C=O) groups excluding carboxylic acids is 3. The van der Waals surface area contributed by atoms with Crippen LogP contribution < -0.4 is 4.90 Å². The Hall–Kier alpha value is -4.53. The van der Waals surface area contributed by atoms with Crippen molar-refractivity contribution in [3.63, 3.8) is 0 Å². The normalized spacial score (nSPS) is 9.47. The molecular formula is C25H27NO8. The van der Waals surface area contributed by atoms with Crippen molar-refractivity contribution in [3.05, 3.63) is 71.3 Å². The molecule has 0 heterocycles. The van der Waals surface area contributed by atoms with Crippen molar-refractivity contribution in [1.82, 2.24) is 0 Å². The summed E-state index contributed by atoms with van der Waals surface area (Å²) in [6, 6.07) is 13.1. The van der Waals surface area contributed by atoms with Crippen LogP contribution in [0.15, 0.2) is 54.6 Å². The molecule has 0 saturated carbocycles. The SMILES string of the molecule is CCN(CC)c1ccc(C=O)c(O)c1.O=Cc1cc(O)ccc1O.O=Cc1cccc(O)c1O. The van der Waals surface area contributed by atoms with Gasteiger partial charge in [-0.2, -0.15) is 0 Å². The summed E-state index contributed by atoms with van der Waals surface area (Å²) in [6.07, 6.45) is 1.62. The van der Waals surface area contributed by atoms with Crippen LogP contribution in [0.25, 0.3) is 0 Å². The van der Waals surface area contributed by atoms with Crippen LogP contribution in [0.3, 0.4) is 0 Å². The number of phenolic OH excluding ortho intramolecular Hbond substituents is 5. The number of hydrogen-bond acceptors (Lipinski definition) is 9. The Morgan fingerprint density at radius 3 is 1.74 bits per heavy atom. The molecule has 0 aliphatic carbocycles. The number of rotatable bonds is 6. The number of aromatic hydroxyl groups is 5. The van der Waals surface area contributed by atoms with Crippen LogP contribution in [0.1, 0.15) is 44.9 Å². The van der Waals surface area contributed by atoms with Gasteiger partial charge in [0.05, 0.1) is 16.7 Å². The van der Waals surface area contributed by atoms with Crippen molar-refractivity contribution in [3.8, 4) is 28.7 Å². The number of carbonyl (C=O) groups is 3. The second kappa shape index (κ2) is 13.8. The van der Waals surface area contributed by atoms with Gasteiger partial charge in [0.25, 0.3) is 0 Å². The molecule has 5 N–H and O–H groups in total. The molecule has 0 saturated heterocycles. The molecule has 0 amide bonds. The third kappa shape index (κ3) is 7.86. The Morgan fingerprint density at radius 1 is 0.647 bits per heavy atom. The van der Waals surface area contributed by atoms with Crippen LogP contribution in [-0.4, -0.2) is 57.5 Å². The van der Waals surface area contributed by atoms with Crippen molar-refractivity contribution in [1.29, 1.82) is 0 Å². The van der Waals surface area contributed by atoms with Gasteiger partial charge in [0, 0.05) is 24.8 Å². The van der Waals surface area contributed by atoms with E-state index in [1.165, 1.54) is 36.4 Å². The minimum atomic E-state index is -0.363. The van der Waals surface area contributed by atoms with Crippen molar-refractivity contribution >= 4 is 24.5 Å². The standard InChI is InChI=1S/C11H15NO2.2C7H6O3/c1-3-12(4-2)10-6-5-9(8-13)11(14)7-10;8-4-5-3-6(9)1-2-7(5)10;8-4-5-2-1-3-6(9)7(5)10/h5-8,14H,3-4H2,1-2H3;2*1-4,9-10H. The lowest BCUT2D eigenvalue weighted by atomic mass is 10.2. The van der Waals surface area contributed by atoms with Crippen LogP contribution in [0, 0.1) is 0 Å². The third-order valence-corrected chi connectivity index (χ3v) is 4.58. The number of anilines is 1. The van der Waals surface area contributed by atoms with Gasteiger partial charge < -0.3 is 30.4 Å². The molecule has 3 aromatic carbocycles.